The van der Waals surface area contributed by atoms with E-state index < -0.39 is 0 Å². The average Bonchev–Trinajstić information content (AvgIpc) is 3.22. The smallest absolute Gasteiger partial charge is 0.160 e. The molecule has 2 nitrogen and oxygen atoms in total. The molecule has 2 heterocycles. The first-order valence-electron chi connectivity index (χ1n) is 8.36. The molecule has 1 aromatic heterocycles. The second kappa shape index (κ2) is 8.76. The van der Waals surface area contributed by atoms with Gasteiger partial charge >= 0.3 is 0 Å². The minimum Gasteiger partial charge on any atom is -0.371 e. The third-order valence-corrected chi connectivity index (χ3v) is 6.70. The third kappa shape index (κ3) is 4.70. The Morgan fingerprint density at radius 1 is 1.12 bits per heavy atom. The van der Waals surface area contributed by atoms with Crippen molar-refractivity contribution in [2.24, 2.45) is 0 Å². The van der Waals surface area contributed by atoms with Crippen LogP contribution in [0.5, 0.6) is 0 Å². The standard InChI is InChI=1S/C11H7ClOS2.C10H13N/c12-8-1-3-9(4-2-8)14-11-6-5-10(7-13)15-11;1-8-7-9-5-3-4-6-10(9)11(8)2/h1-7H;3-6,8H,7H2,1-2H3. The van der Waals surface area contributed by atoms with E-state index in [1.54, 1.807) is 11.8 Å². The third-order valence-electron chi connectivity index (χ3n) is 4.30. The van der Waals surface area contributed by atoms with Crippen LogP contribution in [0.1, 0.15) is 22.2 Å². The highest BCUT2D eigenvalue weighted by Gasteiger charge is 2.21. The van der Waals surface area contributed by atoms with Gasteiger partial charge in [0.15, 0.2) is 6.29 Å². The van der Waals surface area contributed by atoms with E-state index in [0.717, 1.165) is 25.3 Å². The van der Waals surface area contributed by atoms with E-state index in [0.29, 0.717) is 6.04 Å². The minimum absolute atomic E-state index is 0.674. The fourth-order valence-electron chi connectivity index (χ4n) is 2.79. The Kier molecular flexibility index (Phi) is 6.41. The maximum Gasteiger partial charge on any atom is 0.160 e. The number of para-hydroxylation sites is 1. The number of likely N-dealkylation sites (N-methyl/N-ethyl adjacent to an activating group) is 1. The zero-order chi connectivity index (χ0) is 18.5. The molecule has 0 radical (unpaired) electrons. The highest BCUT2D eigenvalue weighted by Crippen LogP contribution is 2.33. The van der Waals surface area contributed by atoms with E-state index in [2.05, 4.69) is 43.1 Å². The molecule has 134 valence electrons. The van der Waals surface area contributed by atoms with Crippen molar-refractivity contribution >= 4 is 46.7 Å². The molecule has 3 aromatic rings. The summed E-state index contributed by atoms with van der Waals surface area (Å²) in [5.74, 6) is 0. The lowest BCUT2D eigenvalue weighted by atomic mass is 10.1. The normalized spacial score (nSPS) is 15.2. The topological polar surface area (TPSA) is 20.3 Å². The second-order valence-corrected chi connectivity index (χ2v) is 9.05. The number of halogens is 1. The number of rotatable bonds is 3. The van der Waals surface area contributed by atoms with Gasteiger partial charge in [-0.15, -0.1) is 11.3 Å². The summed E-state index contributed by atoms with van der Waals surface area (Å²) < 4.78 is 1.11. The maximum absolute atomic E-state index is 10.5. The Balaban J connectivity index is 0.000000158. The van der Waals surface area contributed by atoms with Crippen molar-refractivity contribution in [1.29, 1.82) is 0 Å². The average molecular weight is 402 g/mol. The molecule has 1 atom stereocenters. The number of hydrogen-bond donors (Lipinski definition) is 0. The number of thiophene rings is 1. The lowest BCUT2D eigenvalue weighted by Gasteiger charge is -2.17. The zero-order valence-electron chi connectivity index (χ0n) is 14.7. The van der Waals surface area contributed by atoms with Crippen LogP contribution in [0.3, 0.4) is 0 Å². The minimum atomic E-state index is 0.674. The van der Waals surface area contributed by atoms with Gasteiger partial charge < -0.3 is 4.90 Å². The van der Waals surface area contributed by atoms with Crippen LogP contribution in [0.25, 0.3) is 0 Å². The molecule has 1 aliphatic heterocycles. The first-order valence-corrected chi connectivity index (χ1v) is 10.4. The zero-order valence-corrected chi connectivity index (χ0v) is 17.1. The summed E-state index contributed by atoms with van der Waals surface area (Å²) >= 11 is 8.92. The summed E-state index contributed by atoms with van der Waals surface area (Å²) in [6.07, 6.45) is 2.07. The molecule has 0 fully saturated rings. The van der Waals surface area contributed by atoms with E-state index in [1.165, 1.54) is 29.0 Å². The van der Waals surface area contributed by atoms with Crippen LogP contribution in [0.15, 0.2) is 69.8 Å². The van der Waals surface area contributed by atoms with Gasteiger partial charge in [0.25, 0.3) is 0 Å². The molecule has 0 saturated carbocycles. The van der Waals surface area contributed by atoms with Crippen molar-refractivity contribution in [3.05, 3.63) is 76.1 Å². The number of carbonyl (C=O) groups excluding carboxylic acids is 1. The van der Waals surface area contributed by atoms with Crippen LogP contribution >= 0.6 is 34.7 Å². The van der Waals surface area contributed by atoms with E-state index in [-0.39, 0.29) is 0 Å². The SMILES string of the molecule is CC1Cc2ccccc2N1C.O=Cc1ccc(Sc2ccc(Cl)cc2)s1. The predicted molar refractivity (Wildman–Crippen MR) is 113 cm³/mol. The van der Waals surface area contributed by atoms with Crippen LogP contribution in [-0.2, 0) is 6.42 Å². The predicted octanol–water partition coefficient (Wildman–Crippen LogP) is 6.43. The summed E-state index contributed by atoms with van der Waals surface area (Å²) in [6.45, 7) is 2.26. The monoisotopic (exact) mass is 401 g/mol. The fraction of sp³-hybridized carbons (Fsp3) is 0.190. The van der Waals surface area contributed by atoms with Crippen LogP contribution in [-0.4, -0.2) is 19.4 Å². The van der Waals surface area contributed by atoms with Gasteiger partial charge in [-0.05, 0) is 61.4 Å². The van der Waals surface area contributed by atoms with Crippen molar-refractivity contribution in [3.8, 4) is 0 Å². The summed E-state index contributed by atoms with van der Waals surface area (Å²) in [7, 11) is 2.16. The van der Waals surface area contributed by atoms with Gasteiger partial charge in [0.1, 0.15) is 0 Å². The van der Waals surface area contributed by atoms with E-state index in [1.807, 2.05) is 36.4 Å². The number of carbonyl (C=O) groups is 1. The second-order valence-electron chi connectivity index (χ2n) is 6.12. The van der Waals surface area contributed by atoms with Gasteiger partial charge in [0.05, 0.1) is 9.09 Å². The van der Waals surface area contributed by atoms with Crippen molar-refractivity contribution in [2.45, 2.75) is 28.5 Å². The Morgan fingerprint density at radius 3 is 2.50 bits per heavy atom. The molecule has 1 aliphatic rings. The van der Waals surface area contributed by atoms with Gasteiger partial charge in [0.2, 0.25) is 0 Å². The van der Waals surface area contributed by atoms with Crippen LogP contribution in [0.2, 0.25) is 5.02 Å². The number of benzene rings is 2. The largest absolute Gasteiger partial charge is 0.371 e. The quantitative estimate of drug-likeness (QED) is 0.471. The Morgan fingerprint density at radius 2 is 1.85 bits per heavy atom. The lowest BCUT2D eigenvalue weighted by molar-refractivity contribution is 0.112. The van der Waals surface area contributed by atoms with Gasteiger partial charge in [0, 0.05) is 28.7 Å². The summed E-state index contributed by atoms with van der Waals surface area (Å²) in [5.41, 5.74) is 2.89. The number of fused-ring (bicyclic) bond motifs is 1. The molecule has 2 aromatic carbocycles. The Hall–Kier alpha value is -1.75. The van der Waals surface area contributed by atoms with Gasteiger partial charge in [-0.25, -0.2) is 0 Å². The van der Waals surface area contributed by atoms with Crippen molar-refractivity contribution in [1.82, 2.24) is 0 Å². The van der Waals surface area contributed by atoms with Crippen molar-refractivity contribution < 1.29 is 4.79 Å². The molecule has 0 saturated heterocycles. The number of aldehydes is 1. The highest BCUT2D eigenvalue weighted by atomic mass is 35.5. The number of anilines is 1. The van der Waals surface area contributed by atoms with E-state index >= 15 is 0 Å². The molecular formula is C21H20ClNOS2. The van der Waals surface area contributed by atoms with Crippen molar-refractivity contribution in [2.75, 3.05) is 11.9 Å². The molecule has 0 aliphatic carbocycles. The van der Waals surface area contributed by atoms with Gasteiger partial charge in [-0.3, -0.25) is 4.79 Å². The van der Waals surface area contributed by atoms with Crippen LogP contribution < -0.4 is 4.90 Å². The fourth-order valence-corrected chi connectivity index (χ4v) is 4.85. The first kappa shape index (κ1) is 19.0. The summed E-state index contributed by atoms with van der Waals surface area (Å²) in [5, 5.41) is 0.735. The highest BCUT2D eigenvalue weighted by molar-refractivity contribution is 8.01. The Bertz CT molecular complexity index is 876. The molecule has 5 heteroatoms. The molecule has 0 amide bonds. The van der Waals surface area contributed by atoms with Crippen LogP contribution in [0, 0.1) is 0 Å². The lowest BCUT2D eigenvalue weighted by Crippen LogP contribution is -2.23. The Labute approximate surface area is 167 Å². The number of hydrogen-bond acceptors (Lipinski definition) is 4. The molecule has 0 spiro atoms. The number of nitrogens with zero attached hydrogens (tertiary/aromatic N) is 1. The van der Waals surface area contributed by atoms with Crippen molar-refractivity contribution in [3.63, 3.8) is 0 Å². The first-order chi connectivity index (χ1) is 12.6. The van der Waals surface area contributed by atoms with Crippen LogP contribution in [0.4, 0.5) is 5.69 Å². The van der Waals surface area contributed by atoms with Gasteiger partial charge in [-0.2, -0.15) is 0 Å². The molecule has 0 N–H and O–H groups in total. The molecule has 26 heavy (non-hydrogen) atoms. The summed E-state index contributed by atoms with van der Waals surface area (Å²) in [6, 6.07) is 20.7. The van der Waals surface area contributed by atoms with E-state index in [4.69, 9.17) is 11.6 Å². The van der Waals surface area contributed by atoms with Gasteiger partial charge in [-0.1, -0.05) is 41.6 Å². The molecule has 4 rings (SSSR count). The molecular weight excluding hydrogens is 382 g/mol. The maximum atomic E-state index is 10.5. The van der Waals surface area contributed by atoms with E-state index in [9.17, 15) is 4.79 Å². The summed E-state index contributed by atoms with van der Waals surface area (Å²) in [4.78, 5) is 14.7. The molecule has 0 bridgehead atoms. The molecule has 1 unspecified atom stereocenters.